The molecule has 16 heavy (non-hydrogen) atoms. The second kappa shape index (κ2) is 4.96. The van der Waals surface area contributed by atoms with E-state index in [2.05, 4.69) is 36.8 Å². The number of pyridine rings is 1. The molecule has 2 aromatic rings. The third-order valence-corrected chi connectivity index (χ3v) is 4.22. The molecular weight excluding hydrogens is 354 g/mol. The first-order valence-corrected chi connectivity index (χ1v) is 7.09. The van der Waals surface area contributed by atoms with Crippen LogP contribution in [0.4, 0.5) is 0 Å². The summed E-state index contributed by atoms with van der Waals surface area (Å²) in [6, 6.07) is 3.81. The highest BCUT2D eigenvalue weighted by molar-refractivity contribution is 9.11. The molecule has 2 heterocycles. The number of aliphatic hydroxyl groups excluding tert-OH is 1. The first kappa shape index (κ1) is 12.2. The number of aromatic nitrogens is 1. The van der Waals surface area contributed by atoms with Gasteiger partial charge in [0.1, 0.15) is 6.10 Å². The summed E-state index contributed by atoms with van der Waals surface area (Å²) in [6.07, 6.45) is 1.01. The molecule has 5 heteroatoms. The van der Waals surface area contributed by atoms with Gasteiger partial charge in [-0.1, -0.05) is 0 Å². The Morgan fingerprint density at radius 3 is 2.75 bits per heavy atom. The third kappa shape index (κ3) is 2.37. The first-order chi connectivity index (χ1) is 7.59. The normalized spacial score (nSPS) is 12.8. The highest BCUT2D eigenvalue weighted by Crippen LogP contribution is 2.31. The van der Waals surface area contributed by atoms with Gasteiger partial charge in [-0.15, -0.1) is 11.3 Å². The van der Waals surface area contributed by atoms with Crippen LogP contribution in [-0.4, -0.2) is 10.1 Å². The summed E-state index contributed by atoms with van der Waals surface area (Å²) in [6.45, 7) is 2.00. The van der Waals surface area contributed by atoms with Crippen LogP contribution < -0.4 is 0 Å². The molecule has 0 amide bonds. The van der Waals surface area contributed by atoms with Crippen LogP contribution in [0.15, 0.2) is 32.7 Å². The molecule has 0 radical (unpaired) electrons. The van der Waals surface area contributed by atoms with Gasteiger partial charge in [0.2, 0.25) is 0 Å². The maximum Gasteiger partial charge on any atom is 0.123 e. The van der Waals surface area contributed by atoms with Crippen LogP contribution in [0.3, 0.4) is 0 Å². The van der Waals surface area contributed by atoms with Crippen LogP contribution >= 0.6 is 43.2 Å². The maximum absolute atomic E-state index is 10.2. The lowest BCUT2D eigenvalue weighted by molar-refractivity contribution is 0.214. The zero-order chi connectivity index (χ0) is 11.7. The van der Waals surface area contributed by atoms with Crippen molar-refractivity contribution in [3.05, 3.63) is 48.8 Å². The summed E-state index contributed by atoms with van der Waals surface area (Å²) in [4.78, 5) is 5.35. The van der Waals surface area contributed by atoms with Crippen molar-refractivity contribution in [2.45, 2.75) is 13.0 Å². The fraction of sp³-hybridized carbons (Fsp3) is 0.182. The number of hydrogen-bond donors (Lipinski definition) is 1. The maximum atomic E-state index is 10.2. The summed E-state index contributed by atoms with van der Waals surface area (Å²) in [5, 5.41) is 12.2. The summed E-state index contributed by atoms with van der Waals surface area (Å²) in [5.41, 5.74) is 1.56. The minimum absolute atomic E-state index is 0.643. The number of hydrogen-bond acceptors (Lipinski definition) is 3. The number of halogens is 2. The molecule has 0 saturated carbocycles. The first-order valence-electron chi connectivity index (χ1n) is 4.62. The van der Waals surface area contributed by atoms with Crippen molar-refractivity contribution < 1.29 is 5.11 Å². The molecule has 0 saturated heterocycles. The minimum Gasteiger partial charge on any atom is -0.382 e. The molecule has 2 nitrogen and oxygen atoms in total. The van der Waals surface area contributed by atoms with Crippen LogP contribution in [-0.2, 0) is 0 Å². The van der Waals surface area contributed by atoms with Crippen molar-refractivity contribution in [1.82, 2.24) is 4.98 Å². The Morgan fingerprint density at radius 2 is 2.19 bits per heavy atom. The average Bonchev–Trinajstić information content (AvgIpc) is 2.63. The van der Waals surface area contributed by atoms with Crippen molar-refractivity contribution in [3.63, 3.8) is 0 Å². The van der Waals surface area contributed by atoms with Gasteiger partial charge in [0, 0.05) is 25.6 Å². The minimum atomic E-state index is -0.672. The van der Waals surface area contributed by atoms with E-state index in [1.54, 1.807) is 17.5 Å². The topological polar surface area (TPSA) is 33.1 Å². The van der Waals surface area contributed by atoms with E-state index in [-0.39, 0.29) is 0 Å². The van der Waals surface area contributed by atoms with Crippen molar-refractivity contribution >= 4 is 43.2 Å². The quantitative estimate of drug-likeness (QED) is 0.873. The Balaban J connectivity index is 2.41. The second-order valence-electron chi connectivity index (χ2n) is 3.36. The van der Waals surface area contributed by atoms with Crippen LogP contribution in [0.2, 0.25) is 0 Å². The molecule has 1 unspecified atom stereocenters. The van der Waals surface area contributed by atoms with Crippen LogP contribution in [0.5, 0.6) is 0 Å². The molecule has 2 aromatic heterocycles. The van der Waals surface area contributed by atoms with Gasteiger partial charge in [-0.25, -0.2) is 0 Å². The van der Waals surface area contributed by atoms with Gasteiger partial charge in [0.05, 0.1) is 5.69 Å². The summed E-state index contributed by atoms with van der Waals surface area (Å²) in [7, 11) is 0. The Bertz CT molecular complexity index is 512. The predicted molar refractivity (Wildman–Crippen MR) is 72.8 cm³/mol. The number of thiophene rings is 1. The van der Waals surface area contributed by atoms with E-state index in [0.29, 0.717) is 5.69 Å². The fourth-order valence-corrected chi connectivity index (χ4v) is 3.39. The van der Waals surface area contributed by atoms with E-state index < -0.39 is 6.10 Å². The predicted octanol–water partition coefficient (Wildman–Crippen LogP) is 4.06. The van der Waals surface area contributed by atoms with Crippen LogP contribution in [0.1, 0.15) is 22.2 Å². The van der Waals surface area contributed by atoms with Crippen molar-refractivity contribution in [2.24, 2.45) is 0 Å². The molecule has 0 aliphatic rings. The molecule has 0 aromatic carbocycles. The number of aryl methyl sites for hydroxylation is 1. The number of rotatable bonds is 2. The van der Waals surface area contributed by atoms with E-state index in [1.165, 1.54) is 0 Å². The van der Waals surface area contributed by atoms with Gasteiger partial charge in [-0.3, -0.25) is 4.98 Å². The molecule has 0 bridgehead atoms. The monoisotopic (exact) mass is 361 g/mol. The van der Waals surface area contributed by atoms with E-state index in [1.807, 2.05) is 24.4 Å². The van der Waals surface area contributed by atoms with Crippen molar-refractivity contribution in [2.75, 3.05) is 0 Å². The van der Waals surface area contributed by atoms with Crippen LogP contribution in [0, 0.1) is 6.92 Å². The van der Waals surface area contributed by atoms with E-state index in [0.717, 1.165) is 19.4 Å². The fourth-order valence-electron chi connectivity index (χ4n) is 1.45. The molecule has 2 rings (SSSR count). The van der Waals surface area contributed by atoms with Gasteiger partial charge < -0.3 is 5.11 Å². The molecular formula is C11H9Br2NOS. The van der Waals surface area contributed by atoms with Gasteiger partial charge in [0.15, 0.2) is 0 Å². The lowest BCUT2D eigenvalue weighted by atomic mass is 10.1. The Morgan fingerprint density at radius 1 is 1.44 bits per heavy atom. The second-order valence-corrected chi connectivity index (χ2v) is 6.25. The number of aliphatic hydroxyl groups is 1. The average molecular weight is 363 g/mol. The zero-order valence-corrected chi connectivity index (χ0v) is 12.4. The smallest absolute Gasteiger partial charge is 0.123 e. The van der Waals surface area contributed by atoms with Gasteiger partial charge in [0.25, 0.3) is 0 Å². The third-order valence-electron chi connectivity index (χ3n) is 2.29. The zero-order valence-electron chi connectivity index (χ0n) is 8.45. The summed E-state index contributed by atoms with van der Waals surface area (Å²) >= 11 is 8.37. The van der Waals surface area contributed by atoms with Crippen molar-refractivity contribution in [3.8, 4) is 0 Å². The lowest BCUT2D eigenvalue weighted by Gasteiger charge is -2.11. The molecule has 0 spiro atoms. The molecule has 0 aliphatic heterocycles. The largest absolute Gasteiger partial charge is 0.382 e. The molecule has 1 N–H and O–H groups in total. The highest BCUT2D eigenvalue weighted by Gasteiger charge is 2.17. The highest BCUT2D eigenvalue weighted by atomic mass is 79.9. The summed E-state index contributed by atoms with van der Waals surface area (Å²) < 4.78 is 1.69. The van der Waals surface area contributed by atoms with Crippen LogP contribution in [0.25, 0.3) is 0 Å². The standard InChI is InChI=1S/C11H9Br2NOS/c1-6-8(2-3-16-6)11(15)10-9(13)4-7(12)5-14-10/h2-5,11,15H,1H3. The van der Waals surface area contributed by atoms with E-state index in [4.69, 9.17) is 0 Å². The van der Waals surface area contributed by atoms with Gasteiger partial charge in [-0.05, 0) is 56.3 Å². The molecule has 84 valence electrons. The Labute approximate surface area is 115 Å². The van der Waals surface area contributed by atoms with E-state index >= 15 is 0 Å². The van der Waals surface area contributed by atoms with Crippen molar-refractivity contribution in [1.29, 1.82) is 0 Å². The van der Waals surface area contributed by atoms with Gasteiger partial charge in [-0.2, -0.15) is 0 Å². The number of nitrogens with zero attached hydrogens (tertiary/aromatic N) is 1. The SMILES string of the molecule is Cc1sccc1C(O)c1ncc(Br)cc1Br. The Hall–Kier alpha value is -0.230. The van der Waals surface area contributed by atoms with Gasteiger partial charge >= 0.3 is 0 Å². The molecule has 1 atom stereocenters. The molecule has 0 fully saturated rings. The van der Waals surface area contributed by atoms with E-state index in [9.17, 15) is 5.11 Å². The lowest BCUT2D eigenvalue weighted by Crippen LogP contribution is -2.03. The Kier molecular flexibility index (Phi) is 3.79. The summed E-state index contributed by atoms with van der Waals surface area (Å²) in [5.74, 6) is 0. The molecule has 0 aliphatic carbocycles.